The minimum atomic E-state index is -0.289. The van der Waals surface area contributed by atoms with E-state index in [1.165, 1.54) is 10.8 Å². The second kappa shape index (κ2) is 7.35. The van der Waals surface area contributed by atoms with Gasteiger partial charge in [0.2, 0.25) is 0 Å². The van der Waals surface area contributed by atoms with Crippen molar-refractivity contribution in [3.8, 4) is 21.7 Å². The number of benzene rings is 2. The second-order valence-electron chi connectivity index (χ2n) is 5.75. The van der Waals surface area contributed by atoms with Gasteiger partial charge in [-0.15, -0.1) is 11.3 Å². The summed E-state index contributed by atoms with van der Waals surface area (Å²) in [4.78, 5) is 10.1. The molecule has 130 valence electrons. The third kappa shape index (κ3) is 3.13. The molecule has 26 heavy (non-hydrogen) atoms. The Morgan fingerprint density at radius 2 is 1.96 bits per heavy atom. The largest absolute Gasteiger partial charge is 0.447 e. The number of thiazole rings is 1. The van der Waals surface area contributed by atoms with Crippen LogP contribution in [-0.4, -0.2) is 9.97 Å². The van der Waals surface area contributed by atoms with Crippen molar-refractivity contribution in [3.63, 3.8) is 0 Å². The number of nitrogens with zero attached hydrogens (tertiary/aromatic N) is 3. The van der Waals surface area contributed by atoms with Crippen LogP contribution in [0, 0.1) is 0 Å². The van der Waals surface area contributed by atoms with E-state index < -0.39 is 0 Å². The Morgan fingerprint density at radius 1 is 1.12 bits per heavy atom. The molecule has 0 fully saturated rings. The predicted molar refractivity (Wildman–Crippen MR) is 109 cm³/mol. The van der Waals surface area contributed by atoms with Gasteiger partial charge in [-0.05, 0) is 34.9 Å². The monoisotopic (exact) mass is 378 g/mol. The van der Waals surface area contributed by atoms with Gasteiger partial charge in [-0.25, -0.2) is 9.97 Å². The number of aryl methyl sites for hydroxylation is 1. The van der Waals surface area contributed by atoms with Crippen LogP contribution in [0.1, 0.15) is 11.9 Å². The molecule has 0 atom stereocenters. The van der Waals surface area contributed by atoms with Gasteiger partial charge in [-0.1, -0.05) is 49.4 Å². The zero-order valence-electron chi connectivity index (χ0n) is 14.1. The average Bonchev–Trinajstić information content (AvgIpc) is 3.12. The molecule has 0 unspecified atom stereocenters. The molecule has 0 radical (unpaired) electrons. The van der Waals surface area contributed by atoms with Crippen molar-refractivity contribution in [1.29, 1.82) is 0 Å². The van der Waals surface area contributed by atoms with Crippen LogP contribution in [0.25, 0.3) is 32.5 Å². The minimum absolute atomic E-state index is 0.289. The molecular formula is C20H16N3OS2-. The van der Waals surface area contributed by atoms with Gasteiger partial charge < -0.3 is 8.57 Å². The number of hydrogen-bond donors (Lipinski definition) is 0. The normalized spacial score (nSPS) is 11.0. The zero-order chi connectivity index (χ0) is 17.9. The van der Waals surface area contributed by atoms with Crippen molar-refractivity contribution in [1.82, 2.24) is 9.97 Å². The predicted octanol–water partition coefficient (Wildman–Crippen LogP) is 5.56. The summed E-state index contributed by atoms with van der Waals surface area (Å²) in [6, 6.07) is 18.4. The molecule has 6 heteroatoms. The fourth-order valence-corrected chi connectivity index (χ4v) is 4.19. The molecule has 0 aliphatic carbocycles. The maximum absolute atomic E-state index is 10.8. The van der Waals surface area contributed by atoms with Crippen LogP contribution in [0.15, 0.2) is 65.2 Å². The number of thiol groups is 1. The van der Waals surface area contributed by atoms with Crippen LogP contribution >= 0.6 is 11.3 Å². The number of aromatic nitrogens is 2. The van der Waals surface area contributed by atoms with E-state index in [1.807, 2.05) is 18.2 Å². The molecule has 2 heterocycles. The number of rotatable bonds is 4. The van der Waals surface area contributed by atoms with E-state index in [0.29, 0.717) is 5.82 Å². The van der Waals surface area contributed by atoms with E-state index in [0.717, 1.165) is 33.1 Å². The molecule has 4 rings (SSSR count). The molecule has 0 amide bonds. The summed E-state index contributed by atoms with van der Waals surface area (Å²) >= 11 is 1.39. The smallest absolute Gasteiger partial charge is 0.128 e. The van der Waals surface area contributed by atoms with Gasteiger partial charge in [0.15, 0.2) is 0 Å². The third-order valence-corrected chi connectivity index (χ3v) is 5.70. The molecule has 0 saturated heterocycles. The van der Waals surface area contributed by atoms with Crippen LogP contribution in [0.2, 0.25) is 0 Å². The molecule has 0 aliphatic rings. The molecule has 0 aliphatic heterocycles. The zero-order valence-corrected chi connectivity index (χ0v) is 15.8. The highest BCUT2D eigenvalue weighted by Gasteiger charge is 2.16. The SMILES string of the molecule is CCc1nc(-c2cccc3ccccc23)c(-c2ccnc(N=[SH-]=O)c2)s1. The lowest BCUT2D eigenvalue weighted by Crippen LogP contribution is -1.86. The van der Waals surface area contributed by atoms with E-state index in [-0.39, 0.29) is 11.5 Å². The van der Waals surface area contributed by atoms with Crippen molar-refractivity contribution in [2.75, 3.05) is 0 Å². The Balaban J connectivity index is 1.96. The van der Waals surface area contributed by atoms with Crippen molar-refractivity contribution >= 4 is 39.4 Å². The summed E-state index contributed by atoms with van der Waals surface area (Å²) in [7, 11) is 0. The van der Waals surface area contributed by atoms with Gasteiger partial charge in [-0.3, -0.25) is 0 Å². The molecule has 2 aromatic heterocycles. The third-order valence-electron chi connectivity index (χ3n) is 4.17. The van der Waals surface area contributed by atoms with Crippen LogP contribution < -0.4 is 0 Å². The standard InChI is InChI=1S/C20H16N3OS2/c1-2-18-22-19(16-9-5-7-13-6-3-4-8-15(13)16)20(25-18)14-10-11-21-17(12-14)23-26-24/h3-12,26H,2H2,1H3/q-1. The Bertz CT molecular complexity index is 1140. The molecule has 0 N–H and O–H groups in total. The van der Waals surface area contributed by atoms with Gasteiger partial charge in [0.1, 0.15) is 5.82 Å². The number of pyridine rings is 1. The Labute approximate surface area is 158 Å². The van der Waals surface area contributed by atoms with Gasteiger partial charge in [-0.2, -0.15) is 11.5 Å². The van der Waals surface area contributed by atoms with Gasteiger partial charge >= 0.3 is 0 Å². The number of hydrogen-bond acceptors (Lipinski definition) is 6. The summed E-state index contributed by atoms with van der Waals surface area (Å²) < 4.78 is 14.7. The summed E-state index contributed by atoms with van der Waals surface area (Å²) in [5.74, 6) is 0.453. The quantitative estimate of drug-likeness (QED) is 0.345. The van der Waals surface area contributed by atoms with Crippen LogP contribution in [0.3, 0.4) is 0 Å². The first kappa shape index (κ1) is 16.9. The summed E-state index contributed by atoms with van der Waals surface area (Å²) in [6.07, 6.45) is 2.57. The van der Waals surface area contributed by atoms with Crippen molar-refractivity contribution in [2.45, 2.75) is 13.3 Å². The molecule has 2 aromatic carbocycles. The lowest BCUT2D eigenvalue weighted by atomic mass is 10.00. The highest BCUT2D eigenvalue weighted by molar-refractivity contribution is 7.54. The van der Waals surface area contributed by atoms with E-state index in [9.17, 15) is 4.21 Å². The van der Waals surface area contributed by atoms with E-state index >= 15 is 0 Å². The molecular weight excluding hydrogens is 362 g/mol. The van der Waals surface area contributed by atoms with Crippen LogP contribution in [0.5, 0.6) is 0 Å². The maximum atomic E-state index is 10.8. The first-order chi connectivity index (χ1) is 12.8. The van der Waals surface area contributed by atoms with E-state index in [4.69, 9.17) is 4.98 Å². The first-order valence-electron chi connectivity index (χ1n) is 8.27. The lowest BCUT2D eigenvalue weighted by molar-refractivity contribution is 0.609. The lowest BCUT2D eigenvalue weighted by Gasteiger charge is -2.07. The minimum Gasteiger partial charge on any atom is -0.447 e. The average molecular weight is 379 g/mol. The highest BCUT2D eigenvalue weighted by atomic mass is 32.1. The summed E-state index contributed by atoms with van der Waals surface area (Å²) in [6.45, 7) is 2.11. The number of fused-ring (bicyclic) bond motifs is 1. The van der Waals surface area contributed by atoms with Crippen LogP contribution in [-0.2, 0) is 22.1 Å². The maximum Gasteiger partial charge on any atom is 0.128 e. The molecule has 0 spiro atoms. The van der Waals surface area contributed by atoms with E-state index in [1.54, 1.807) is 17.5 Å². The van der Waals surface area contributed by atoms with Crippen molar-refractivity contribution in [3.05, 3.63) is 65.8 Å². The fraction of sp³-hybridized carbons (Fsp3) is 0.100. The molecule has 0 bridgehead atoms. The topological polar surface area (TPSA) is 55.2 Å². The van der Waals surface area contributed by atoms with Gasteiger partial charge in [0.05, 0.1) is 15.6 Å². The molecule has 4 aromatic rings. The van der Waals surface area contributed by atoms with Crippen molar-refractivity contribution < 1.29 is 4.21 Å². The van der Waals surface area contributed by atoms with Gasteiger partial charge in [0, 0.05) is 11.8 Å². The first-order valence-corrected chi connectivity index (χ1v) is 9.86. The Hall–Kier alpha value is -2.57. The van der Waals surface area contributed by atoms with Crippen LogP contribution in [0.4, 0.5) is 5.82 Å². The second-order valence-corrected chi connectivity index (χ2v) is 7.20. The molecule has 4 nitrogen and oxygen atoms in total. The summed E-state index contributed by atoms with van der Waals surface area (Å²) in [5, 5.41) is 3.46. The Kier molecular flexibility index (Phi) is 4.77. The highest BCUT2D eigenvalue weighted by Crippen LogP contribution is 2.40. The Morgan fingerprint density at radius 3 is 2.81 bits per heavy atom. The van der Waals surface area contributed by atoms with Gasteiger partial charge in [0.25, 0.3) is 0 Å². The summed E-state index contributed by atoms with van der Waals surface area (Å²) in [5.41, 5.74) is 3.08. The molecule has 0 saturated carbocycles. The van der Waals surface area contributed by atoms with E-state index in [2.05, 4.69) is 52.7 Å². The van der Waals surface area contributed by atoms with Crippen molar-refractivity contribution in [2.24, 2.45) is 4.36 Å². The fourth-order valence-electron chi connectivity index (χ4n) is 2.98.